The zero-order valence-corrected chi connectivity index (χ0v) is 19.0. The summed E-state index contributed by atoms with van der Waals surface area (Å²) in [6.45, 7) is 11.8. The molecule has 2 aromatic rings. The molecule has 1 heterocycles. The lowest BCUT2D eigenvalue weighted by atomic mass is 9.87. The highest BCUT2D eigenvalue weighted by Gasteiger charge is 2.25. The van der Waals surface area contributed by atoms with E-state index >= 15 is 0 Å². The van der Waals surface area contributed by atoms with Crippen LogP contribution in [0.25, 0.3) is 6.08 Å². The van der Waals surface area contributed by atoms with Crippen LogP contribution in [0, 0.1) is 0 Å². The van der Waals surface area contributed by atoms with Gasteiger partial charge in [0.1, 0.15) is 11.5 Å². The summed E-state index contributed by atoms with van der Waals surface area (Å²) in [5.41, 5.74) is 3.05. The first-order valence-corrected chi connectivity index (χ1v) is 10.8. The van der Waals surface area contributed by atoms with E-state index in [2.05, 4.69) is 32.7 Å². The molecule has 0 radical (unpaired) electrons. The fraction of sp³-hybridized carbons (Fsp3) is 0.385. The van der Waals surface area contributed by atoms with E-state index in [4.69, 9.17) is 14.2 Å². The fourth-order valence-corrected chi connectivity index (χ4v) is 3.07. The molecular weight excluding hydrogens is 390 g/mol. The molecule has 2 aromatic carbocycles. The molecule has 0 aromatic heterocycles. The number of cyclic esters (lactones) is 1. The van der Waals surface area contributed by atoms with Crippen LogP contribution < -0.4 is 9.47 Å². The standard InChI is InChI=1S/C26H31NO4/c1-6-14-29-21-13-10-19(23(17-21)30-15-7-2)16-22-25(28)31-24(27-22)18-8-11-20(12-9-18)26(3,4)5/h8-13,16-17H,6-7,14-15H2,1-5H3. The summed E-state index contributed by atoms with van der Waals surface area (Å²) < 4.78 is 17.0. The molecule has 5 heteroatoms. The van der Waals surface area contributed by atoms with Crippen LogP contribution in [0.5, 0.6) is 11.5 Å². The molecule has 164 valence electrons. The summed E-state index contributed by atoms with van der Waals surface area (Å²) in [6.07, 6.45) is 3.51. The van der Waals surface area contributed by atoms with Crippen molar-refractivity contribution < 1.29 is 19.0 Å². The predicted octanol–water partition coefficient (Wildman–Crippen LogP) is 5.91. The second-order valence-corrected chi connectivity index (χ2v) is 8.56. The first kappa shape index (κ1) is 22.6. The summed E-state index contributed by atoms with van der Waals surface area (Å²) in [7, 11) is 0. The van der Waals surface area contributed by atoms with Crippen LogP contribution in [0.4, 0.5) is 0 Å². The van der Waals surface area contributed by atoms with Gasteiger partial charge in [0.25, 0.3) is 0 Å². The van der Waals surface area contributed by atoms with E-state index in [1.54, 1.807) is 6.08 Å². The number of nitrogens with zero attached hydrogens (tertiary/aromatic N) is 1. The van der Waals surface area contributed by atoms with E-state index in [1.165, 1.54) is 5.56 Å². The van der Waals surface area contributed by atoms with Crippen LogP contribution in [0.2, 0.25) is 0 Å². The third-order valence-corrected chi connectivity index (χ3v) is 4.83. The van der Waals surface area contributed by atoms with Crippen molar-refractivity contribution in [2.24, 2.45) is 4.99 Å². The zero-order valence-electron chi connectivity index (χ0n) is 19.0. The third kappa shape index (κ3) is 5.75. The molecule has 0 bridgehead atoms. The summed E-state index contributed by atoms with van der Waals surface area (Å²) in [5.74, 6) is 1.25. The summed E-state index contributed by atoms with van der Waals surface area (Å²) in [6, 6.07) is 13.6. The molecule has 1 aliphatic rings. The van der Waals surface area contributed by atoms with Gasteiger partial charge in [0.05, 0.1) is 13.2 Å². The van der Waals surface area contributed by atoms with Crippen LogP contribution in [-0.4, -0.2) is 25.1 Å². The van der Waals surface area contributed by atoms with Crippen LogP contribution in [0.15, 0.2) is 53.2 Å². The zero-order chi connectivity index (χ0) is 22.4. The first-order chi connectivity index (χ1) is 14.8. The second-order valence-electron chi connectivity index (χ2n) is 8.56. The third-order valence-electron chi connectivity index (χ3n) is 4.83. The van der Waals surface area contributed by atoms with E-state index in [0.29, 0.717) is 24.9 Å². The van der Waals surface area contributed by atoms with E-state index in [-0.39, 0.29) is 11.1 Å². The highest BCUT2D eigenvalue weighted by atomic mass is 16.6. The lowest BCUT2D eigenvalue weighted by molar-refractivity contribution is -0.129. The summed E-state index contributed by atoms with van der Waals surface area (Å²) in [5, 5.41) is 0. The van der Waals surface area contributed by atoms with Crippen molar-refractivity contribution in [2.45, 2.75) is 52.9 Å². The van der Waals surface area contributed by atoms with Crippen LogP contribution >= 0.6 is 0 Å². The Hall–Kier alpha value is -3.08. The molecule has 0 saturated carbocycles. The van der Waals surface area contributed by atoms with E-state index in [1.807, 2.05) is 49.4 Å². The maximum atomic E-state index is 12.5. The SMILES string of the molecule is CCCOc1ccc(C=C2N=C(c3ccc(C(C)(C)C)cc3)OC2=O)c(OCCC)c1. The molecule has 31 heavy (non-hydrogen) atoms. The van der Waals surface area contributed by atoms with Gasteiger partial charge in [-0.15, -0.1) is 0 Å². The molecule has 0 spiro atoms. The van der Waals surface area contributed by atoms with Crippen LogP contribution in [-0.2, 0) is 14.9 Å². The Morgan fingerprint density at radius 3 is 2.29 bits per heavy atom. The van der Waals surface area contributed by atoms with E-state index in [0.717, 1.165) is 29.7 Å². The molecule has 0 saturated heterocycles. The second kappa shape index (κ2) is 9.82. The Kier molecular flexibility index (Phi) is 7.16. The van der Waals surface area contributed by atoms with Crippen molar-refractivity contribution in [1.82, 2.24) is 0 Å². The normalized spacial score (nSPS) is 15.1. The maximum Gasteiger partial charge on any atom is 0.363 e. The Labute approximate surface area is 184 Å². The van der Waals surface area contributed by atoms with Gasteiger partial charge in [-0.05, 0) is 54.2 Å². The van der Waals surface area contributed by atoms with Gasteiger partial charge in [0.15, 0.2) is 5.70 Å². The summed E-state index contributed by atoms with van der Waals surface area (Å²) in [4.78, 5) is 16.9. The molecule has 5 nitrogen and oxygen atoms in total. The summed E-state index contributed by atoms with van der Waals surface area (Å²) >= 11 is 0. The number of ether oxygens (including phenoxy) is 3. The number of benzene rings is 2. The van der Waals surface area contributed by atoms with Gasteiger partial charge < -0.3 is 14.2 Å². The lowest BCUT2D eigenvalue weighted by Gasteiger charge is -2.18. The minimum absolute atomic E-state index is 0.0552. The average Bonchev–Trinajstić information content (AvgIpc) is 3.11. The van der Waals surface area contributed by atoms with Gasteiger partial charge in [-0.3, -0.25) is 0 Å². The Morgan fingerprint density at radius 1 is 0.968 bits per heavy atom. The Morgan fingerprint density at radius 2 is 1.65 bits per heavy atom. The number of carbonyl (C=O) groups excluding carboxylic acids is 1. The molecule has 0 aliphatic carbocycles. The van der Waals surface area contributed by atoms with Crippen LogP contribution in [0.1, 0.15) is 64.2 Å². The number of hydrogen-bond acceptors (Lipinski definition) is 5. The van der Waals surface area contributed by atoms with Crippen molar-refractivity contribution in [1.29, 1.82) is 0 Å². The topological polar surface area (TPSA) is 57.1 Å². The first-order valence-electron chi connectivity index (χ1n) is 10.8. The van der Waals surface area contributed by atoms with Gasteiger partial charge in [-0.2, -0.15) is 0 Å². The number of aliphatic imine (C=N–C) groups is 1. The largest absolute Gasteiger partial charge is 0.493 e. The lowest BCUT2D eigenvalue weighted by Crippen LogP contribution is -2.11. The van der Waals surface area contributed by atoms with E-state index < -0.39 is 5.97 Å². The smallest absolute Gasteiger partial charge is 0.363 e. The molecule has 0 atom stereocenters. The number of rotatable bonds is 8. The molecule has 0 amide bonds. The molecular formula is C26H31NO4. The van der Waals surface area contributed by atoms with Crippen molar-refractivity contribution in [3.05, 3.63) is 64.9 Å². The monoisotopic (exact) mass is 421 g/mol. The van der Waals surface area contributed by atoms with Gasteiger partial charge in [-0.1, -0.05) is 46.8 Å². The van der Waals surface area contributed by atoms with Crippen molar-refractivity contribution in [3.63, 3.8) is 0 Å². The minimum Gasteiger partial charge on any atom is -0.493 e. The highest BCUT2D eigenvalue weighted by Crippen LogP contribution is 2.29. The number of hydrogen-bond donors (Lipinski definition) is 0. The quantitative estimate of drug-likeness (QED) is 0.393. The molecule has 1 aliphatic heterocycles. The van der Waals surface area contributed by atoms with Crippen LogP contribution in [0.3, 0.4) is 0 Å². The Balaban J connectivity index is 1.88. The molecule has 0 fully saturated rings. The highest BCUT2D eigenvalue weighted by molar-refractivity contribution is 6.13. The van der Waals surface area contributed by atoms with Gasteiger partial charge >= 0.3 is 5.97 Å². The minimum atomic E-state index is -0.470. The van der Waals surface area contributed by atoms with Crippen molar-refractivity contribution >= 4 is 17.9 Å². The van der Waals surface area contributed by atoms with Crippen molar-refractivity contribution in [2.75, 3.05) is 13.2 Å². The van der Waals surface area contributed by atoms with Gasteiger partial charge in [-0.25, -0.2) is 9.79 Å². The van der Waals surface area contributed by atoms with Gasteiger partial charge in [0, 0.05) is 17.2 Å². The molecule has 0 N–H and O–H groups in total. The molecule has 0 unspecified atom stereocenters. The fourth-order valence-electron chi connectivity index (χ4n) is 3.07. The van der Waals surface area contributed by atoms with Gasteiger partial charge in [0.2, 0.25) is 5.90 Å². The number of carbonyl (C=O) groups is 1. The predicted molar refractivity (Wildman–Crippen MR) is 124 cm³/mol. The van der Waals surface area contributed by atoms with Crippen molar-refractivity contribution in [3.8, 4) is 11.5 Å². The maximum absolute atomic E-state index is 12.5. The Bertz CT molecular complexity index is 981. The average molecular weight is 422 g/mol. The van der Waals surface area contributed by atoms with E-state index in [9.17, 15) is 4.79 Å². The molecule has 3 rings (SSSR count). The number of esters is 1.